The highest BCUT2D eigenvalue weighted by molar-refractivity contribution is 6.43. The number of likely N-dealkylation sites (tertiary alicyclic amines) is 1. The van der Waals surface area contributed by atoms with Crippen LogP contribution in [0.25, 0.3) is 11.6 Å². The first-order valence-electron chi connectivity index (χ1n) is 15.7. The van der Waals surface area contributed by atoms with Gasteiger partial charge in [-0.2, -0.15) is 0 Å². The fourth-order valence-corrected chi connectivity index (χ4v) is 7.38. The summed E-state index contributed by atoms with van der Waals surface area (Å²) in [5.74, 6) is -0.743. The van der Waals surface area contributed by atoms with E-state index in [-0.39, 0.29) is 36.4 Å². The summed E-state index contributed by atoms with van der Waals surface area (Å²) in [6.07, 6.45) is 4.04. The van der Waals surface area contributed by atoms with Crippen LogP contribution < -0.4 is 4.74 Å². The molecule has 3 aromatic carbocycles. The smallest absolute Gasteiger partial charge is 0.455 e. The van der Waals surface area contributed by atoms with Crippen molar-refractivity contribution in [2.24, 2.45) is 17.8 Å². The molecule has 2 fully saturated rings. The lowest BCUT2D eigenvalue weighted by Gasteiger charge is -2.43. The zero-order valence-corrected chi connectivity index (χ0v) is 26.0. The summed E-state index contributed by atoms with van der Waals surface area (Å²) in [6.45, 7) is 2.63. The average Bonchev–Trinajstić information content (AvgIpc) is 3.28. The Morgan fingerprint density at radius 3 is 2.49 bits per heavy atom. The van der Waals surface area contributed by atoms with Gasteiger partial charge in [0.2, 0.25) is 11.8 Å². The fourth-order valence-electron chi connectivity index (χ4n) is 7.15. The Balaban J connectivity index is 1.35. The number of halogens is 1. The van der Waals surface area contributed by atoms with Crippen LogP contribution in [-0.4, -0.2) is 53.2 Å². The largest absolute Gasteiger partial charge is 0.508 e. The van der Waals surface area contributed by atoms with Gasteiger partial charge in [0.05, 0.1) is 23.0 Å². The van der Waals surface area contributed by atoms with E-state index in [1.807, 2.05) is 73.7 Å². The Morgan fingerprint density at radius 1 is 1.04 bits per heavy atom. The maximum Gasteiger partial charge on any atom is 0.455 e. The minimum Gasteiger partial charge on any atom is -0.508 e. The molecule has 3 aliphatic rings. The van der Waals surface area contributed by atoms with Crippen molar-refractivity contribution in [2.75, 3.05) is 13.2 Å². The van der Waals surface area contributed by atoms with Gasteiger partial charge >= 0.3 is 7.12 Å². The third-order valence-electron chi connectivity index (χ3n) is 9.14. The highest BCUT2D eigenvalue weighted by Gasteiger charge is 2.57. The van der Waals surface area contributed by atoms with Gasteiger partial charge in [0, 0.05) is 6.54 Å². The summed E-state index contributed by atoms with van der Waals surface area (Å²) < 4.78 is 12.5. The van der Waals surface area contributed by atoms with Gasteiger partial charge < -0.3 is 19.5 Å². The number of ether oxygens (including phenoxy) is 1. The number of nitrogens with zero attached hydrogens (tertiary/aromatic N) is 1. The van der Waals surface area contributed by atoms with Crippen molar-refractivity contribution >= 4 is 42.2 Å². The van der Waals surface area contributed by atoms with Gasteiger partial charge in [0.25, 0.3) is 0 Å². The second-order valence-corrected chi connectivity index (χ2v) is 12.4. The normalized spacial score (nSPS) is 23.3. The van der Waals surface area contributed by atoms with Crippen LogP contribution in [0.3, 0.4) is 0 Å². The Bertz CT molecular complexity index is 1610. The van der Waals surface area contributed by atoms with Gasteiger partial charge in [-0.05, 0) is 102 Å². The predicted molar refractivity (Wildman–Crippen MR) is 175 cm³/mol. The Hall–Kier alpha value is -3.85. The number of rotatable bonds is 10. The van der Waals surface area contributed by atoms with Gasteiger partial charge in [0.15, 0.2) is 0 Å². The first-order chi connectivity index (χ1) is 21.8. The number of para-hydroxylation sites is 1. The Kier molecular flexibility index (Phi) is 9.45. The fraction of sp³-hybridized carbons (Fsp3) is 0.333. The van der Waals surface area contributed by atoms with E-state index in [9.17, 15) is 19.7 Å². The molecule has 0 saturated carbocycles. The van der Waals surface area contributed by atoms with Crippen molar-refractivity contribution in [1.82, 2.24) is 4.90 Å². The lowest BCUT2D eigenvalue weighted by atomic mass is 9.58. The number of benzene rings is 3. The van der Waals surface area contributed by atoms with Crippen LogP contribution in [0.4, 0.5) is 0 Å². The molecule has 7 nitrogen and oxygen atoms in total. The van der Waals surface area contributed by atoms with Crippen LogP contribution in [0.15, 0.2) is 90.0 Å². The number of amides is 2. The van der Waals surface area contributed by atoms with Crippen molar-refractivity contribution < 1.29 is 29.1 Å². The molecule has 2 amide bonds. The minimum atomic E-state index is -1.06. The van der Waals surface area contributed by atoms with Crippen molar-refractivity contribution in [3.05, 3.63) is 106 Å². The van der Waals surface area contributed by atoms with Crippen LogP contribution >= 0.6 is 11.6 Å². The summed E-state index contributed by atoms with van der Waals surface area (Å²) in [5, 5.41) is 21.3. The van der Waals surface area contributed by atoms with E-state index in [1.165, 1.54) is 11.0 Å². The molecule has 4 atom stereocenters. The van der Waals surface area contributed by atoms with Crippen molar-refractivity contribution in [2.45, 2.75) is 45.0 Å². The summed E-state index contributed by atoms with van der Waals surface area (Å²) >= 11 is 6.49. The lowest BCUT2D eigenvalue weighted by Crippen LogP contribution is -2.46. The molecule has 2 N–H and O–H groups in total. The van der Waals surface area contributed by atoms with Gasteiger partial charge in [-0.15, -0.1) is 0 Å². The summed E-state index contributed by atoms with van der Waals surface area (Å²) in [4.78, 5) is 28.6. The van der Waals surface area contributed by atoms with E-state index in [2.05, 4.69) is 0 Å². The van der Waals surface area contributed by atoms with E-state index in [0.717, 1.165) is 33.6 Å². The first-order valence-corrected chi connectivity index (χ1v) is 16.0. The monoisotopic (exact) mass is 625 g/mol. The highest BCUT2D eigenvalue weighted by Crippen LogP contribution is 2.51. The molecule has 45 heavy (non-hydrogen) atoms. The lowest BCUT2D eigenvalue weighted by molar-refractivity contribution is -0.140. The number of carbonyl (C=O) groups is 2. The molecule has 0 bridgehead atoms. The van der Waals surface area contributed by atoms with Crippen molar-refractivity contribution in [1.29, 1.82) is 0 Å². The Labute approximate surface area is 269 Å². The van der Waals surface area contributed by atoms with Crippen molar-refractivity contribution in [3.8, 4) is 11.5 Å². The maximum atomic E-state index is 13.7. The predicted octanol–water partition coefficient (Wildman–Crippen LogP) is 6.65. The SMILES string of the molecule is CCCN1C(=O)[C@@H]2[C@@H](CC(COc3ccccc3)=C3[C@@H](CC/C(=C/c4ccc(O)cc4Cl)c4ccccc4)OB(O)C[C@@H]32)C1=O. The molecule has 2 saturated heterocycles. The zero-order chi connectivity index (χ0) is 31.5. The number of phenols is 1. The molecule has 0 aromatic heterocycles. The number of carbonyl (C=O) groups excluding carboxylic acids is 2. The summed E-state index contributed by atoms with van der Waals surface area (Å²) in [7, 11) is -1.06. The van der Waals surface area contributed by atoms with Crippen LogP contribution in [0.1, 0.15) is 43.7 Å². The second kappa shape index (κ2) is 13.7. The van der Waals surface area contributed by atoms with E-state index < -0.39 is 25.1 Å². The van der Waals surface area contributed by atoms with Gasteiger partial charge in [-0.1, -0.05) is 67.1 Å². The topological polar surface area (TPSA) is 96.3 Å². The van der Waals surface area contributed by atoms with Crippen LogP contribution in [0.5, 0.6) is 11.5 Å². The average molecular weight is 626 g/mol. The number of allylic oxidation sites excluding steroid dienone is 1. The van der Waals surface area contributed by atoms with Gasteiger partial charge in [-0.3, -0.25) is 14.5 Å². The van der Waals surface area contributed by atoms with Crippen molar-refractivity contribution in [3.63, 3.8) is 0 Å². The van der Waals surface area contributed by atoms with Crippen LogP contribution in [0, 0.1) is 17.8 Å². The van der Waals surface area contributed by atoms with E-state index in [1.54, 1.807) is 12.1 Å². The number of hydrogen-bond acceptors (Lipinski definition) is 6. The molecule has 0 spiro atoms. The van der Waals surface area contributed by atoms with Crippen LogP contribution in [-0.2, 0) is 14.2 Å². The number of fused-ring (bicyclic) bond motifs is 3. The standard InChI is InChI=1S/C36H37BClNO6/c1-2-17-39-35(41)29-19-26(22-44-28-11-7-4-8-12-28)33-30(34(29)36(39)42)21-37(43)45-32(33)16-14-24(23-9-5-3-6-10-23)18-25-13-15-27(40)20-31(25)38/h3-13,15,18,20,29-30,32,34,40,43H,2,14,16-17,19,21-22H2,1H3/b24-18-/t29-,30+,32-,34-/m1/s1. The Morgan fingerprint density at radius 2 is 1.78 bits per heavy atom. The summed E-state index contributed by atoms with van der Waals surface area (Å²) in [5.41, 5.74) is 4.76. The minimum absolute atomic E-state index is 0.0966. The maximum absolute atomic E-state index is 13.7. The molecule has 0 radical (unpaired) electrons. The number of imide groups is 1. The van der Waals surface area contributed by atoms with E-state index in [0.29, 0.717) is 37.3 Å². The third kappa shape index (κ3) is 6.59. The molecular weight excluding hydrogens is 589 g/mol. The highest BCUT2D eigenvalue weighted by atomic mass is 35.5. The molecule has 3 aromatic rings. The molecule has 2 heterocycles. The number of aromatic hydroxyl groups is 1. The first kappa shape index (κ1) is 31.2. The van der Waals surface area contributed by atoms with E-state index >= 15 is 0 Å². The second-order valence-electron chi connectivity index (χ2n) is 12.0. The molecule has 6 rings (SSSR count). The molecule has 2 aliphatic heterocycles. The molecule has 1 aliphatic carbocycles. The van der Waals surface area contributed by atoms with Crippen LogP contribution in [0.2, 0.25) is 11.3 Å². The molecular formula is C36H37BClNO6. The van der Waals surface area contributed by atoms with E-state index in [4.69, 9.17) is 21.0 Å². The molecule has 0 unspecified atom stereocenters. The van der Waals surface area contributed by atoms with Gasteiger partial charge in [0.1, 0.15) is 18.1 Å². The molecule has 232 valence electrons. The third-order valence-corrected chi connectivity index (χ3v) is 9.46. The van der Waals surface area contributed by atoms with Gasteiger partial charge in [-0.25, -0.2) is 0 Å². The zero-order valence-electron chi connectivity index (χ0n) is 25.3. The number of hydrogen-bond donors (Lipinski definition) is 2. The molecule has 9 heteroatoms. The number of phenolic OH excluding ortho intramolecular Hbond substituents is 1. The quantitative estimate of drug-likeness (QED) is 0.113. The summed E-state index contributed by atoms with van der Waals surface area (Å²) in [6, 6.07) is 24.4.